The molecule has 0 aromatic heterocycles. The van der Waals surface area contributed by atoms with Crippen LogP contribution in [-0.2, 0) is 19.1 Å². The molecule has 3 atom stereocenters. The summed E-state index contributed by atoms with van der Waals surface area (Å²) >= 11 is 0. The van der Waals surface area contributed by atoms with Crippen molar-refractivity contribution in [1.82, 2.24) is 0 Å². The number of methoxy groups -OCH3 is 1. The van der Waals surface area contributed by atoms with Crippen LogP contribution in [0.2, 0.25) is 0 Å². The van der Waals surface area contributed by atoms with E-state index in [-0.39, 0.29) is 26.9 Å². The molecule has 1 rings (SSSR count). The second-order valence-corrected chi connectivity index (χ2v) is 3.24. The van der Waals surface area contributed by atoms with Gasteiger partial charge in [0, 0.05) is 7.11 Å². The van der Waals surface area contributed by atoms with Crippen LogP contribution < -0.4 is 0 Å². The average molecular weight is 218 g/mol. The number of carbonyl (C=O) groups is 2. The van der Waals surface area contributed by atoms with E-state index in [0.717, 1.165) is 0 Å². The molecule has 4 nitrogen and oxygen atoms in total. The predicted molar refractivity (Wildman–Crippen MR) is 58.3 cm³/mol. The molecule has 0 aliphatic carbocycles. The average Bonchev–Trinajstić information content (AvgIpc) is 2.34. The van der Waals surface area contributed by atoms with E-state index in [0.29, 0.717) is 6.42 Å². The Morgan fingerprint density at radius 2 is 1.87 bits per heavy atom. The van der Waals surface area contributed by atoms with Gasteiger partial charge in [0.25, 0.3) is 0 Å². The zero-order valence-electron chi connectivity index (χ0n) is 8.07. The van der Waals surface area contributed by atoms with Gasteiger partial charge in [0.15, 0.2) is 0 Å². The monoisotopic (exact) mass is 218 g/mol. The van der Waals surface area contributed by atoms with Crippen LogP contribution in [0, 0.1) is 11.8 Å². The summed E-state index contributed by atoms with van der Waals surface area (Å²) in [5.74, 6) is -1.70. The standard InChI is InChI=1S/C9H14O4.2CH4/c1-4-6(12-3)7-5(2)8(10)13-9(7)11;;/h5-7H,4H2,1-3H3;2*1H4. The van der Waals surface area contributed by atoms with Gasteiger partial charge < -0.3 is 9.47 Å². The van der Waals surface area contributed by atoms with Gasteiger partial charge in [-0.05, 0) is 6.42 Å². The first-order valence-electron chi connectivity index (χ1n) is 4.40. The van der Waals surface area contributed by atoms with Crippen molar-refractivity contribution in [3.63, 3.8) is 0 Å². The molecule has 1 heterocycles. The molecule has 1 aliphatic rings. The van der Waals surface area contributed by atoms with E-state index in [2.05, 4.69) is 4.74 Å². The molecule has 3 unspecified atom stereocenters. The molecular weight excluding hydrogens is 196 g/mol. The van der Waals surface area contributed by atoms with Gasteiger partial charge >= 0.3 is 11.9 Å². The predicted octanol–water partition coefficient (Wildman–Crippen LogP) is 2.02. The van der Waals surface area contributed by atoms with Crippen molar-refractivity contribution in [2.75, 3.05) is 7.11 Å². The lowest BCUT2D eigenvalue weighted by Gasteiger charge is -2.19. The highest BCUT2D eigenvalue weighted by Gasteiger charge is 2.45. The summed E-state index contributed by atoms with van der Waals surface area (Å²) in [7, 11) is 1.54. The first kappa shape index (κ1) is 16.5. The van der Waals surface area contributed by atoms with Crippen molar-refractivity contribution in [2.45, 2.75) is 41.2 Å². The molecule has 0 saturated carbocycles. The molecule has 0 radical (unpaired) electrons. The largest absolute Gasteiger partial charge is 0.393 e. The van der Waals surface area contributed by atoms with Crippen molar-refractivity contribution in [3.8, 4) is 0 Å². The lowest BCUT2D eigenvalue weighted by atomic mass is 9.90. The van der Waals surface area contributed by atoms with E-state index in [9.17, 15) is 9.59 Å². The molecule has 0 aromatic rings. The zero-order chi connectivity index (χ0) is 10.0. The van der Waals surface area contributed by atoms with Gasteiger partial charge in [-0.25, -0.2) is 0 Å². The minimum absolute atomic E-state index is 0. The summed E-state index contributed by atoms with van der Waals surface area (Å²) in [6.07, 6.45) is 0.488. The van der Waals surface area contributed by atoms with Gasteiger partial charge in [0.1, 0.15) is 0 Å². The highest BCUT2D eigenvalue weighted by Crippen LogP contribution is 2.28. The summed E-state index contributed by atoms with van der Waals surface area (Å²) in [6.45, 7) is 3.61. The maximum Gasteiger partial charge on any atom is 0.320 e. The van der Waals surface area contributed by atoms with Crippen LogP contribution in [0.1, 0.15) is 35.1 Å². The van der Waals surface area contributed by atoms with Gasteiger partial charge in [0.05, 0.1) is 17.9 Å². The summed E-state index contributed by atoms with van der Waals surface area (Å²) in [5.41, 5.74) is 0. The summed E-state index contributed by atoms with van der Waals surface area (Å²) in [5, 5.41) is 0. The molecule has 90 valence electrons. The second-order valence-electron chi connectivity index (χ2n) is 3.24. The molecule has 0 bridgehead atoms. The minimum atomic E-state index is -0.453. The molecule has 4 heteroatoms. The quantitative estimate of drug-likeness (QED) is 0.537. The Labute approximate surface area is 91.9 Å². The summed E-state index contributed by atoms with van der Waals surface area (Å²) in [4.78, 5) is 22.3. The Morgan fingerprint density at radius 1 is 1.33 bits per heavy atom. The normalized spacial score (nSPS) is 26.3. The van der Waals surface area contributed by atoms with Crippen LogP contribution in [0.25, 0.3) is 0 Å². The minimum Gasteiger partial charge on any atom is -0.393 e. The highest BCUT2D eigenvalue weighted by atomic mass is 16.6. The molecule has 15 heavy (non-hydrogen) atoms. The molecule has 1 aliphatic heterocycles. The van der Waals surface area contributed by atoms with E-state index in [4.69, 9.17) is 4.74 Å². The van der Waals surface area contributed by atoms with Crippen LogP contribution in [0.15, 0.2) is 0 Å². The maximum absolute atomic E-state index is 11.2. The van der Waals surface area contributed by atoms with Crippen molar-refractivity contribution < 1.29 is 19.1 Å². The number of cyclic esters (lactones) is 2. The Kier molecular flexibility index (Phi) is 7.23. The van der Waals surface area contributed by atoms with Crippen molar-refractivity contribution >= 4 is 11.9 Å². The van der Waals surface area contributed by atoms with Gasteiger partial charge in [0.2, 0.25) is 0 Å². The Bertz CT molecular complexity index is 221. The van der Waals surface area contributed by atoms with Crippen LogP contribution in [0.3, 0.4) is 0 Å². The number of carbonyl (C=O) groups excluding carboxylic acids is 2. The fraction of sp³-hybridized carbons (Fsp3) is 0.818. The zero-order valence-corrected chi connectivity index (χ0v) is 8.07. The van der Waals surface area contributed by atoms with Crippen molar-refractivity contribution in [2.24, 2.45) is 11.8 Å². The van der Waals surface area contributed by atoms with Crippen LogP contribution in [0.4, 0.5) is 0 Å². The maximum atomic E-state index is 11.2. The first-order valence-corrected chi connectivity index (χ1v) is 4.40. The van der Waals surface area contributed by atoms with E-state index >= 15 is 0 Å². The fourth-order valence-corrected chi connectivity index (χ4v) is 1.65. The van der Waals surface area contributed by atoms with Crippen LogP contribution >= 0.6 is 0 Å². The van der Waals surface area contributed by atoms with Gasteiger partial charge in [-0.1, -0.05) is 28.7 Å². The Morgan fingerprint density at radius 3 is 2.13 bits per heavy atom. The fourth-order valence-electron chi connectivity index (χ4n) is 1.65. The SMILES string of the molecule is C.C.CCC(OC)C1C(=O)OC(=O)C1C. The van der Waals surface area contributed by atoms with Crippen LogP contribution in [0.5, 0.6) is 0 Å². The second kappa shape index (κ2) is 6.56. The Balaban J connectivity index is 0. The Hall–Kier alpha value is -0.900. The van der Waals surface area contributed by atoms with E-state index in [1.54, 1.807) is 6.92 Å². The number of hydrogen-bond acceptors (Lipinski definition) is 4. The van der Waals surface area contributed by atoms with Gasteiger partial charge in [-0.3, -0.25) is 9.59 Å². The lowest BCUT2D eigenvalue weighted by Crippen LogP contribution is -2.30. The van der Waals surface area contributed by atoms with E-state index < -0.39 is 17.9 Å². The molecule has 0 N–H and O–H groups in total. The van der Waals surface area contributed by atoms with Gasteiger partial charge in [-0.2, -0.15) is 0 Å². The number of rotatable bonds is 3. The van der Waals surface area contributed by atoms with Crippen LogP contribution in [-0.4, -0.2) is 25.2 Å². The third-order valence-electron chi connectivity index (χ3n) is 2.49. The highest BCUT2D eigenvalue weighted by molar-refractivity contribution is 5.96. The molecule has 0 aromatic carbocycles. The molecule has 0 amide bonds. The molecular formula is C11H22O4. The van der Waals surface area contributed by atoms with E-state index in [1.165, 1.54) is 7.11 Å². The topological polar surface area (TPSA) is 52.6 Å². The van der Waals surface area contributed by atoms with E-state index in [1.807, 2.05) is 6.92 Å². The number of ether oxygens (including phenoxy) is 2. The third-order valence-corrected chi connectivity index (χ3v) is 2.49. The number of hydrogen-bond donors (Lipinski definition) is 0. The third kappa shape index (κ3) is 3.02. The van der Waals surface area contributed by atoms with Gasteiger partial charge in [-0.15, -0.1) is 0 Å². The first-order chi connectivity index (χ1) is 6.11. The summed E-state index contributed by atoms with van der Waals surface area (Å²) in [6, 6.07) is 0. The molecule has 0 spiro atoms. The van der Waals surface area contributed by atoms with Crippen molar-refractivity contribution in [3.05, 3.63) is 0 Å². The summed E-state index contributed by atoms with van der Waals surface area (Å²) < 4.78 is 9.63. The smallest absolute Gasteiger partial charge is 0.320 e. The molecule has 1 saturated heterocycles. The molecule has 1 fully saturated rings. The number of esters is 2. The lowest BCUT2D eigenvalue weighted by molar-refractivity contribution is -0.154. The van der Waals surface area contributed by atoms with Crippen molar-refractivity contribution in [1.29, 1.82) is 0 Å².